The highest BCUT2D eigenvalue weighted by atomic mass is 19.1. The van der Waals surface area contributed by atoms with Crippen molar-refractivity contribution < 1.29 is 13.6 Å². The predicted octanol–water partition coefficient (Wildman–Crippen LogP) is 5.07. The number of hydrogen-bond donors (Lipinski definition) is 2. The third-order valence-corrected chi connectivity index (χ3v) is 5.66. The van der Waals surface area contributed by atoms with Crippen LogP contribution in [0.1, 0.15) is 43.8 Å². The van der Waals surface area contributed by atoms with E-state index in [0.717, 1.165) is 28.7 Å². The van der Waals surface area contributed by atoms with E-state index in [2.05, 4.69) is 15.3 Å². The fraction of sp³-hybridized carbons (Fsp3) is 0.304. The molecule has 5 nitrogen and oxygen atoms in total. The number of H-pyrrole nitrogens is 1. The first-order chi connectivity index (χ1) is 14.0. The molecule has 1 aliphatic carbocycles. The summed E-state index contributed by atoms with van der Waals surface area (Å²) in [6.45, 7) is 4.06. The van der Waals surface area contributed by atoms with Crippen molar-refractivity contribution in [3.63, 3.8) is 0 Å². The lowest BCUT2D eigenvalue weighted by Crippen LogP contribution is -2.33. The van der Waals surface area contributed by atoms with E-state index in [1.807, 2.05) is 44.2 Å². The molecule has 0 aliphatic heterocycles. The summed E-state index contributed by atoms with van der Waals surface area (Å²) in [4.78, 5) is 20.9. The van der Waals surface area contributed by atoms with Gasteiger partial charge in [-0.2, -0.15) is 0 Å². The molecule has 0 bridgehead atoms. The molecule has 5 rings (SSSR count). The Morgan fingerprint density at radius 3 is 2.86 bits per heavy atom. The van der Waals surface area contributed by atoms with Crippen molar-refractivity contribution in [3.05, 3.63) is 65.9 Å². The second-order valence-electron chi connectivity index (χ2n) is 8.15. The number of benzene rings is 2. The van der Waals surface area contributed by atoms with Crippen molar-refractivity contribution in [1.82, 2.24) is 15.3 Å². The summed E-state index contributed by atoms with van der Waals surface area (Å²) in [6, 6.07) is 14.0. The Bertz CT molecular complexity index is 1180. The monoisotopic (exact) mass is 391 g/mol. The van der Waals surface area contributed by atoms with Gasteiger partial charge in [0.25, 0.3) is 0 Å². The van der Waals surface area contributed by atoms with E-state index in [9.17, 15) is 9.18 Å². The number of furan rings is 1. The van der Waals surface area contributed by atoms with Gasteiger partial charge in [0.15, 0.2) is 0 Å². The summed E-state index contributed by atoms with van der Waals surface area (Å²) in [6.07, 6.45) is 0.780. The van der Waals surface area contributed by atoms with Gasteiger partial charge in [-0.1, -0.05) is 26.0 Å². The Labute approximate surface area is 167 Å². The molecule has 0 radical (unpaired) electrons. The molecule has 2 heterocycles. The molecule has 6 heteroatoms. The average molecular weight is 391 g/mol. The van der Waals surface area contributed by atoms with Gasteiger partial charge in [0.1, 0.15) is 23.0 Å². The Morgan fingerprint density at radius 1 is 1.24 bits per heavy atom. The first-order valence-electron chi connectivity index (χ1n) is 9.93. The van der Waals surface area contributed by atoms with Crippen molar-refractivity contribution in [1.29, 1.82) is 0 Å². The summed E-state index contributed by atoms with van der Waals surface area (Å²) in [5.74, 6) is 1.32. The molecule has 2 N–H and O–H groups in total. The molecule has 1 aliphatic rings. The third kappa shape index (κ3) is 3.28. The van der Waals surface area contributed by atoms with Crippen LogP contribution < -0.4 is 5.32 Å². The van der Waals surface area contributed by atoms with Crippen molar-refractivity contribution in [3.8, 4) is 0 Å². The number of carbonyl (C=O) groups excluding carboxylic acids is 1. The highest BCUT2D eigenvalue weighted by Crippen LogP contribution is 2.47. The normalized spacial score (nSPS) is 19.7. The van der Waals surface area contributed by atoms with Crippen molar-refractivity contribution >= 4 is 27.9 Å². The van der Waals surface area contributed by atoms with Crippen LogP contribution in [0, 0.1) is 17.7 Å². The van der Waals surface area contributed by atoms with Gasteiger partial charge in [0.2, 0.25) is 5.91 Å². The quantitative estimate of drug-likeness (QED) is 0.499. The maximum atomic E-state index is 13.5. The number of aromatic nitrogens is 2. The average Bonchev–Trinajstić information content (AvgIpc) is 3.21. The number of para-hydroxylation sites is 2. The molecule has 2 aromatic heterocycles. The lowest BCUT2D eigenvalue weighted by Gasteiger charge is -2.20. The number of aromatic amines is 1. The maximum Gasteiger partial charge on any atom is 0.224 e. The first kappa shape index (κ1) is 17.9. The van der Waals surface area contributed by atoms with Crippen LogP contribution in [-0.4, -0.2) is 15.9 Å². The van der Waals surface area contributed by atoms with Gasteiger partial charge in [-0.3, -0.25) is 4.79 Å². The minimum absolute atomic E-state index is 0.000734. The van der Waals surface area contributed by atoms with Crippen LogP contribution in [0.3, 0.4) is 0 Å². The largest absolute Gasteiger partial charge is 0.459 e. The summed E-state index contributed by atoms with van der Waals surface area (Å²) >= 11 is 0. The van der Waals surface area contributed by atoms with E-state index in [0.29, 0.717) is 11.3 Å². The highest BCUT2D eigenvalue weighted by Gasteiger charge is 2.46. The lowest BCUT2D eigenvalue weighted by molar-refractivity contribution is -0.123. The van der Waals surface area contributed by atoms with E-state index in [-0.39, 0.29) is 35.5 Å². The maximum absolute atomic E-state index is 13.5. The second-order valence-corrected chi connectivity index (χ2v) is 8.15. The predicted molar refractivity (Wildman–Crippen MR) is 109 cm³/mol. The standard InChI is InChI=1S/C23H22FN3O2/c1-12(2)21(20-9-13-7-8-14(24)10-19(13)29-20)27-23(28)16-11-15(16)22-25-17-5-3-4-6-18(17)26-22/h3-10,12,15-16,21H,11H2,1-2H3,(H,25,26)(H,27,28)/t15-,16-,21+/m0/s1. The van der Waals surface area contributed by atoms with Gasteiger partial charge in [0.05, 0.1) is 17.1 Å². The van der Waals surface area contributed by atoms with Crippen LogP contribution in [0.25, 0.3) is 22.0 Å². The van der Waals surface area contributed by atoms with Crippen LogP contribution in [0.2, 0.25) is 0 Å². The van der Waals surface area contributed by atoms with E-state index in [4.69, 9.17) is 4.42 Å². The van der Waals surface area contributed by atoms with Crippen molar-refractivity contribution in [2.75, 3.05) is 0 Å². The molecule has 4 aromatic rings. The number of amides is 1. The Morgan fingerprint density at radius 2 is 2.07 bits per heavy atom. The summed E-state index contributed by atoms with van der Waals surface area (Å²) in [5, 5.41) is 3.96. The highest BCUT2D eigenvalue weighted by molar-refractivity contribution is 5.84. The fourth-order valence-electron chi connectivity index (χ4n) is 3.94. The number of nitrogens with zero attached hydrogens (tertiary/aromatic N) is 1. The van der Waals surface area contributed by atoms with Crippen molar-refractivity contribution in [2.24, 2.45) is 11.8 Å². The van der Waals surface area contributed by atoms with Crippen molar-refractivity contribution in [2.45, 2.75) is 32.2 Å². The van der Waals surface area contributed by atoms with E-state index in [1.54, 1.807) is 6.07 Å². The molecular weight excluding hydrogens is 369 g/mol. The number of fused-ring (bicyclic) bond motifs is 2. The fourth-order valence-corrected chi connectivity index (χ4v) is 3.94. The third-order valence-electron chi connectivity index (χ3n) is 5.66. The number of carbonyl (C=O) groups is 1. The molecule has 0 unspecified atom stereocenters. The van der Waals surface area contributed by atoms with Crippen LogP contribution in [0.5, 0.6) is 0 Å². The number of rotatable bonds is 5. The Balaban J connectivity index is 1.33. The first-order valence-corrected chi connectivity index (χ1v) is 9.93. The minimum Gasteiger partial charge on any atom is -0.459 e. The molecular formula is C23H22FN3O2. The minimum atomic E-state index is -0.338. The molecule has 3 atom stereocenters. The summed E-state index contributed by atoms with van der Waals surface area (Å²) in [7, 11) is 0. The molecule has 29 heavy (non-hydrogen) atoms. The topological polar surface area (TPSA) is 70.9 Å². The van der Waals surface area contributed by atoms with Gasteiger partial charge in [-0.25, -0.2) is 9.37 Å². The van der Waals surface area contributed by atoms with Crippen LogP contribution in [-0.2, 0) is 4.79 Å². The lowest BCUT2D eigenvalue weighted by atomic mass is 10.0. The zero-order valence-corrected chi connectivity index (χ0v) is 16.3. The molecule has 0 saturated heterocycles. The number of nitrogens with one attached hydrogen (secondary N) is 2. The Kier molecular flexibility index (Phi) is 4.15. The van der Waals surface area contributed by atoms with Gasteiger partial charge >= 0.3 is 0 Å². The van der Waals surface area contributed by atoms with E-state index in [1.165, 1.54) is 12.1 Å². The second kappa shape index (κ2) is 6.72. The Hall–Kier alpha value is -3.15. The molecule has 1 saturated carbocycles. The van der Waals surface area contributed by atoms with Gasteiger partial charge in [-0.15, -0.1) is 0 Å². The molecule has 2 aromatic carbocycles. The van der Waals surface area contributed by atoms with E-state index >= 15 is 0 Å². The SMILES string of the molecule is CC(C)[C@@H](NC(=O)[C@H]1C[C@@H]1c1nc2ccccc2[nH]1)c1cc2ccc(F)cc2o1. The smallest absolute Gasteiger partial charge is 0.224 e. The summed E-state index contributed by atoms with van der Waals surface area (Å²) in [5.41, 5.74) is 2.40. The molecule has 1 amide bonds. The van der Waals surface area contributed by atoms with Gasteiger partial charge in [0, 0.05) is 23.3 Å². The van der Waals surface area contributed by atoms with E-state index < -0.39 is 0 Å². The number of imidazole rings is 1. The zero-order valence-electron chi connectivity index (χ0n) is 16.3. The molecule has 0 spiro atoms. The number of hydrogen-bond acceptors (Lipinski definition) is 3. The van der Waals surface area contributed by atoms with Crippen LogP contribution >= 0.6 is 0 Å². The van der Waals surface area contributed by atoms with Crippen LogP contribution in [0.15, 0.2) is 52.9 Å². The van der Waals surface area contributed by atoms with Gasteiger partial charge in [-0.05, 0) is 42.7 Å². The zero-order chi connectivity index (χ0) is 20.1. The number of halogens is 1. The van der Waals surface area contributed by atoms with Gasteiger partial charge < -0.3 is 14.7 Å². The summed E-state index contributed by atoms with van der Waals surface area (Å²) < 4.78 is 19.3. The molecule has 148 valence electrons. The van der Waals surface area contributed by atoms with Crippen LogP contribution in [0.4, 0.5) is 4.39 Å². The molecule has 1 fully saturated rings.